The summed E-state index contributed by atoms with van der Waals surface area (Å²) in [6.45, 7) is 0.382. The van der Waals surface area contributed by atoms with Gasteiger partial charge in [-0.1, -0.05) is 48.5 Å². The largest absolute Gasteiger partial charge is 0.354 e. The molecule has 3 rings (SSSR count). The molecule has 0 radical (unpaired) electrons. The second kappa shape index (κ2) is 7.70. The van der Waals surface area contributed by atoms with Crippen LogP contribution in [-0.4, -0.2) is 37.1 Å². The lowest BCUT2D eigenvalue weighted by molar-refractivity contribution is -0.130. The molecule has 2 amide bonds. The lowest BCUT2D eigenvalue weighted by Crippen LogP contribution is -2.47. The number of sulfonamides is 1. The molecule has 136 valence electrons. The Labute approximate surface area is 152 Å². The Kier molecular flexibility index (Phi) is 5.37. The van der Waals surface area contributed by atoms with E-state index in [0.29, 0.717) is 13.0 Å². The van der Waals surface area contributed by atoms with E-state index in [1.807, 2.05) is 30.3 Å². The van der Waals surface area contributed by atoms with Gasteiger partial charge in [0.25, 0.3) is 10.0 Å². The topological polar surface area (TPSA) is 83.6 Å². The minimum Gasteiger partial charge on any atom is -0.354 e. The fourth-order valence-corrected chi connectivity index (χ4v) is 4.62. The summed E-state index contributed by atoms with van der Waals surface area (Å²) in [5, 5.41) is 2.75. The molecule has 0 bridgehead atoms. The summed E-state index contributed by atoms with van der Waals surface area (Å²) in [5.41, 5.74) is 1.07. The van der Waals surface area contributed by atoms with Crippen LogP contribution >= 0.6 is 0 Å². The van der Waals surface area contributed by atoms with Crippen LogP contribution in [0.5, 0.6) is 0 Å². The van der Waals surface area contributed by atoms with Crippen molar-refractivity contribution >= 4 is 21.8 Å². The maximum Gasteiger partial charge on any atom is 0.267 e. The smallest absolute Gasteiger partial charge is 0.267 e. The van der Waals surface area contributed by atoms with Crippen LogP contribution in [0.25, 0.3) is 0 Å². The number of amides is 2. The van der Waals surface area contributed by atoms with Crippen molar-refractivity contribution in [3.8, 4) is 0 Å². The molecule has 1 saturated heterocycles. The molecule has 1 fully saturated rings. The summed E-state index contributed by atoms with van der Waals surface area (Å²) >= 11 is 0. The van der Waals surface area contributed by atoms with Gasteiger partial charge in [0.05, 0.1) is 4.90 Å². The molecule has 1 heterocycles. The summed E-state index contributed by atoms with van der Waals surface area (Å²) in [6, 6.07) is 16.4. The Balaban J connectivity index is 1.70. The highest BCUT2D eigenvalue weighted by molar-refractivity contribution is 7.89. The Morgan fingerprint density at radius 3 is 2.31 bits per heavy atom. The van der Waals surface area contributed by atoms with E-state index in [0.717, 1.165) is 9.87 Å². The van der Waals surface area contributed by atoms with Crippen LogP contribution in [0, 0.1) is 0 Å². The van der Waals surface area contributed by atoms with Gasteiger partial charge in [-0.2, -0.15) is 0 Å². The molecule has 1 atom stereocenters. The Morgan fingerprint density at radius 1 is 1.04 bits per heavy atom. The number of carbonyl (C=O) groups is 2. The summed E-state index contributed by atoms with van der Waals surface area (Å²) in [6.07, 6.45) is 0.879. The number of benzene rings is 2. The average Bonchev–Trinajstić information content (AvgIpc) is 3.06. The van der Waals surface area contributed by atoms with Crippen molar-refractivity contribution in [3.63, 3.8) is 0 Å². The van der Waals surface area contributed by atoms with Gasteiger partial charge in [-0.25, -0.2) is 12.7 Å². The van der Waals surface area contributed by atoms with Crippen LogP contribution in [0.15, 0.2) is 65.6 Å². The number of hydrogen-bond acceptors (Lipinski definition) is 4. The van der Waals surface area contributed by atoms with E-state index in [2.05, 4.69) is 5.32 Å². The van der Waals surface area contributed by atoms with Gasteiger partial charge in [0.2, 0.25) is 11.8 Å². The third-order valence-corrected chi connectivity index (χ3v) is 6.16. The fraction of sp³-hybridized carbons (Fsp3) is 0.263. The minimum absolute atomic E-state index is 0.0114. The number of rotatable bonds is 6. The zero-order chi connectivity index (χ0) is 18.6. The van der Waals surface area contributed by atoms with Gasteiger partial charge < -0.3 is 5.32 Å². The minimum atomic E-state index is -4.04. The van der Waals surface area contributed by atoms with Crippen molar-refractivity contribution in [1.82, 2.24) is 9.62 Å². The normalized spacial score (nSPS) is 17.3. The standard InChI is InChI=1S/C19H20N2O4S/c22-18-12-11-17(19(23)20-14-13-15-7-3-1-4-8-15)21(18)26(24,25)16-9-5-2-6-10-16/h1-10,17H,11-14H2,(H,20,23). The zero-order valence-corrected chi connectivity index (χ0v) is 15.0. The molecule has 0 saturated carbocycles. The molecular formula is C19H20N2O4S. The van der Waals surface area contributed by atoms with E-state index >= 15 is 0 Å². The van der Waals surface area contributed by atoms with Gasteiger partial charge in [0, 0.05) is 13.0 Å². The number of carbonyl (C=O) groups excluding carboxylic acids is 2. The van der Waals surface area contributed by atoms with E-state index in [9.17, 15) is 18.0 Å². The van der Waals surface area contributed by atoms with Crippen molar-refractivity contribution in [2.45, 2.75) is 30.2 Å². The highest BCUT2D eigenvalue weighted by atomic mass is 32.2. The predicted molar refractivity (Wildman–Crippen MR) is 96.7 cm³/mol. The molecule has 0 spiro atoms. The quantitative estimate of drug-likeness (QED) is 0.837. The summed E-state index contributed by atoms with van der Waals surface area (Å²) in [4.78, 5) is 24.7. The van der Waals surface area contributed by atoms with Gasteiger partial charge in [-0.3, -0.25) is 9.59 Å². The highest BCUT2D eigenvalue weighted by Gasteiger charge is 2.44. The second-order valence-electron chi connectivity index (χ2n) is 6.09. The van der Waals surface area contributed by atoms with Gasteiger partial charge in [0.1, 0.15) is 6.04 Å². The molecule has 6 nitrogen and oxygen atoms in total. The highest BCUT2D eigenvalue weighted by Crippen LogP contribution is 2.27. The molecule has 2 aromatic rings. The van der Waals surface area contributed by atoms with E-state index in [-0.39, 0.29) is 17.7 Å². The molecule has 26 heavy (non-hydrogen) atoms. The van der Waals surface area contributed by atoms with Crippen molar-refractivity contribution in [1.29, 1.82) is 0 Å². The first-order valence-corrected chi connectivity index (χ1v) is 9.88. The number of hydrogen-bond donors (Lipinski definition) is 1. The SMILES string of the molecule is O=C(NCCc1ccccc1)C1CCC(=O)N1S(=O)(=O)c1ccccc1. The Bertz CT molecular complexity index is 882. The fourth-order valence-electron chi connectivity index (χ4n) is 3.00. The van der Waals surface area contributed by atoms with E-state index in [1.54, 1.807) is 18.2 Å². The Hall–Kier alpha value is -2.67. The second-order valence-corrected chi connectivity index (χ2v) is 7.90. The molecule has 1 N–H and O–H groups in total. The third-order valence-electron chi connectivity index (χ3n) is 4.32. The molecule has 1 unspecified atom stereocenters. The van der Waals surface area contributed by atoms with E-state index in [1.165, 1.54) is 12.1 Å². The first kappa shape index (κ1) is 18.1. The molecule has 0 aliphatic carbocycles. The maximum atomic E-state index is 12.8. The van der Waals surface area contributed by atoms with Crippen molar-refractivity contribution in [3.05, 3.63) is 66.2 Å². The van der Waals surface area contributed by atoms with Crippen LogP contribution in [0.3, 0.4) is 0 Å². The van der Waals surface area contributed by atoms with Crippen molar-refractivity contribution < 1.29 is 18.0 Å². The van der Waals surface area contributed by atoms with Gasteiger partial charge >= 0.3 is 0 Å². The first-order valence-electron chi connectivity index (χ1n) is 8.44. The van der Waals surface area contributed by atoms with Crippen LogP contribution in [0.1, 0.15) is 18.4 Å². The van der Waals surface area contributed by atoms with Crippen molar-refractivity contribution in [2.75, 3.05) is 6.54 Å². The number of nitrogens with zero attached hydrogens (tertiary/aromatic N) is 1. The summed E-state index contributed by atoms with van der Waals surface area (Å²) < 4.78 is 26.3. The zero-order valence-electron chi connectivity index (χ0n) is 14.2. The molecule has 1 aliphatic rings. The van der Waals surface area contributed by atoms with E-state index < -0.39 is 27.9 Å². The monoisotopic (exact) mass is 372 g/mol. The first-order chi connectivity index (χ1) is 12.5. The maximum absolute atomic E-state index is 12.8. The van der Waals surface area contributed by atoms with Crippen LogP contribution in [0.4, 0.5) is 0 Å². The Morgan fingerprint density at radius 2 is 1.65 bits per heavy atom. The molecule has 0 aromatic heterocycles. The van der Waals surface area contributed by atoms with E-state index in [4.69, 9.17) is 0 Å². The summed E-state index contributed by atoms with van der Waals surface area (Å²) in [5.74, 6) is -0.983. The summed E-state index contributed by atoms with van der Waals surface area (Å²) in [7, 11) is -4.04. The molecular weight excluding hydrogens is 352 g/mol. The third kappa shape index (κ3) is 3.77. The van der Waals surface area contributed by atoms with Crippen LogP contribution in [-0.2, 0) is 26.0 Å². The number of nitrogens with one attached hydrogen (secondary N) is 1. The van der Waals surface area contributed by atoms with Gasteiger partial charge in [0.15, 0.2) is 0 Å². The van der Waals surface area contributed by atoms with Crippen LogP contribution < -0.4 is 5.32 Å². The predicted octanol–water partition coefficient (Wildman–Crippen LogP) is 1.73. The van der Waals surface area contributed by atoms with Crippen molar-refractivity contribution in [2.24, 2.45) is 0 Å². The lowest BCUT2D eigenvalue weighted by atomic mass is 10.1. The molecule has 2 aromatic carbocycles. The van der Waals surface area contributed by atoms with Gasteiger partial charge in [-0.15, -0.1) is 0 Å². The lowest BCUT2D eigenvalue weighted by Gasteiger charge is -2.23. The average molecular weight is 372 g/mol. The van der Waals surface area contributed by atoms with Crippen LogP contribution in [0.2, 0.25) is 0 Å². The molecule has 1 aliphatic heterocycles. The molecule has 7 heteroatoms. The van der Waals surface area contributed by atoms with Gasteiger partial charge in [-0.05, 0) is 30.5 Å².